The van der Waals surface area contributed by atoms with Gasteiger partial charge in [-0.2, -0.15) is 10.5 Å². The molecule has 0 saturated heterocycles. The van der Waals surface area contributed by atoms with Crippen molar-refractivity contribution in [2.45, 2.75) is 64.2 Å². The lowest BCUT2D eigenvalue weighted by Gasteiger charge is -2.16. The zero-order valence-corrected chi connectivity index (χ0v) is 12.4. The van der Waals surface area contributed by atoms with Gasteiger partial charge in [0.05, 0.1) is 11.4 Å². The topological polar surface area (TPSA) is 26.5 Å². The largest absolute Gasteiger partial charge is 0.154 e. The van der Waals surface area contributed by atoms with Crippen LogP contribution < -0.4 is 5.43 Å². The van der Waals surface area contributed by atoms with Crippen molar-refractivity contribution < 1.29 is 0 Å². The minimum atomic E-state index is 0.625. The number of benzene rings is 1. The van der Waals surface area contributed by atoms with Crippen LogP contribution in [0.3, 0.4) is 0 Å². The quantitative estimate of drug-likeness (QED) is 0.672. The van der Waals surface area contributed by atoms with Crippen LogP contribution >= 0.6 is 0 Å². The highest BCUT2D eigenvalue weighted by atomic mass is 15.3. The highest BCUT2D eigenvalue weighted by Gasteiger charge is 2.24. The van der Waals surface area contributed by atoms with Crippen LogP contribution in [0.25, 0.3) is 0 Å². The summed E-state index contributed by atoms with van der Waals surface area (Å²) >= 11 is 0. The Balaban J connectivity index is 1.70. The minimum absolute atomic E-state index is 0.625. The van der Waals surface area contributed by atoms with Crippen molar-refractivity contribution in [2.24, 2.45) is 11.0 Å². The Morgan fingerprint density at radius 2 is 1.35 bits per heavy atom. The van der Waals surface area contributed by atoms with E-state index in [0.717, 1.165) is 5.69 Å². The van der Waals surface area contributed by atoms with E-state index in [4.69, 9.17) is 0 Å². The lowest BCUT2D eigenvalue weighted by molar-refractivity contribution is 0.511. The van der Waals surface area contributed by atoms with E-state index >= 15 is 0 Å². The summed E-state index contributed by atoms with van der Waals surface area (Å²) < 4.78 is 0. The summed E-state index contributed by atoms with van der Waals surface area (Å²) in [6.45, 7) is 0. The molecule has 1 aromatic rings. The lowest BCUT2D eigenvalue weighted by Crippen LogP contribution is -2.14. The third-order valence-corrected chi connectivity index (χ3v) is 4.69. The first kappa shape index (κ1) is 13.7. The fraction of sp³-hybridized carbons (Fsp3) is 0.611. The molecule has 3 rings (SSSR count). The molecule has 0 spiro atoms. The molecule has 0 bridgehead atoms. The maximum Gasteiger partial charge on any atom is 0.0948 e. The molecule has 20 heavy (non-hydrogen) atoms. The van der Waals surface area contributed by atoms with Gasteiger partial charge in [-0.15, -0.1) is 0 Å². The molecule has 1 aliphatic carbocycles. The van der Waals surface area contributed by atoms with E-state index in [9.17, 15) is 0 Å². The zero-order chi connectivity index (χ0) is 13.6. The van der Waals surface area contributed by atoms with E-state index in [-0.39, 0.29) is 0 Å². The fourth-order valence-corrected chi connectivity index (χ4v) is 3.50. The van der Waals surface area contributed by atoms with Crippen LogP contribution in [0.1, 0.15) is 69.8 Å². The van der Waals surface area contributed by atoms with Gasteiger partial charge in [-0.25, -0.2) is 0 Å². The summed E-state index contributed by atoms with van der Waals surface area (Å²) in [6, 6.07) is 8.44. The van der Waals surface area contributed by atoms with Gasteiger partial charge in [-0.3, -0.25) is 0 Å². The van der Waals surface area contributed by atoms with Crippen molar-refractivity contribution in [2.75, 3.05) is 0 Å². The van der Waals surface area contributed by atoms with Crippen molar-refractivity contribution in [3.63, 3.8) is 0 Å². The number of hydrogen-bond acceptors (Lipinski definition) is 1. The molecule has 1 fully saturated rings. The molecule has 2 heteroatoms. The van der Waals surface area contributed by atoms with Gasteiger partial charge in [-0.05, 0) is 18.9 Å². The summed E-state index contributed by atoms with van der Waals surface area (Å²) in [5, 5.41) is 4.52. The second-order valence-corrected chi connectivity index (χ2v) is 6.21. The van der Waals surface area contributed by atoms with Crippen LogP contribution in [0.4, 0.5) is 5.69 Å². The highest BCUT2D eigenvalue weighted by Crippen LogP contribution is 2.31. The first-order valence-electron chi connectivity index (χ1n) is 8.33. The van der Waals surface area contributed by atoms with Crippen molar-refractivity contribution in [1.29, 1.82) is 0 Å². The van der Waals surface area contributed by atoms with Crippen molar-refractivity contribution in [3.8, 4) is 0 Å². The molecule has 0 aromatic heterocycles. The summed E-state index contributed by atoms with van der Waals surface area (Å²) in [5.41, 5.74) is 7.97. The number of rotatable bonds is 1. The average molecular weight is 269 g/mol. The van der Waals surface area contributed by atoms with Gasteiger partial charge in [0.25, 0.3) is 0 Å². The summed E-state index contributed by atoms with van der Waals surface area (Å²) in [7, 11) is 0. The standard InChI is InChI=1S/C18H25N2/c1-2-4-6-8-12-15(11-7-5-3-1)18-16-13-9-10-14-17(16)19-20-18/h9-10,13-15H,1-8,11-12H2. The Hall–Kier alpha value is -1.31. The fourth-order valence-electron chi connectivity index (χ4n) is 3.50. The summed E-state index contributed by atoms with van der Waals surface area (Å²) in [6.07, 6.45) is 13.8. The van der Waals surface area contributed by atoms with Crippen LogP contribution in [-0.2, 0) is 0 Å². The smallest absolute Gasteiger partial charge is 0.0948 e. The average Bonchev–Trinajstić information content (AvgIpc) is 2.87. The van der Waals surface area contributed by atoms with Crippen LogP contribution in [0.2, 0.25) is 0 Å². The molecule has 2 aliphatic rings. The minimum Gasteiger partial charge on any atom is -0.154 e. The first-order chi connectivity index (χ1) is 9.95. The summed E-state index contributed by atoms with van der Waals surface area (Å²) in [4.78, 5) is 0. The van der Waals surface area contributed by atoms with Gasteiger partial charge in [0.15, 0.2) is 0 Å². The van der Waals surface area contributed by atoms with E-state index in [0.29, 0.717) is 5.92 Å². The maximum atomic E-state index is 4.52. The Labute approximate surface area is 122 Å². The second-order valence-electron chi connectivity index (χ2n) is 6.21. The van der Waals surface area contributed by atoms with Crippen molar-refractivity contribution in [1.82, 2.24) is 5.43 Å². The SMILES string of the molecule is c1ccc2c(c1)[N]N=C2C1CCCCCCCCCC1. The predicted molar refractivity (Wildman–Crippen MR) is 84.4 cm³/mol. The molecule has 1 heterocycles. The zero-order valence-electron chi connectivity index (χ0n) is 12.4. The molecule has 1 radical (unpaired) electrons. The van der Waals surface area contributed by atoms with Crippen LogP contribution in [-0.4, -0.2) is 5.71 Å². The molecule has 0 amide bonds. The van der Waals surface area contributed by atoms with Gasteiger partial charge in [0, 0.05) is 11.5 Å². The van der Waals surface area contributed by atoms with E-state index in [1.807, 2.05) is 0 Å². The monoisotopic (exact) mass is 269 g/mol. The third-order valence-electron chi connectivity index (χ3n) is 4.69. The lowest BCUT2D eigenvalue weighted by atomic mass is 9.87. The van der Waals surface area contributed by atoms with E-state index in [1.165, 1.54) is 75.5 Å². The Morgan fingerprint density at radius 3 is 2.05 bits per heavy atom. The Bertz CT molecular complexity index is 452. The van der Waals surface area contributed by atoms with E-state index in [1.54, 1.807) is 0 Å². The molecule has 1 aliphatic heterocycles. The van der Waals surface area contributed by atoms with Gasteiger partial charge in [0.2, 0.25) is 0 Å². The second kappa shape index (κ2) is 6.92. The van der Waals surface area contributed by atoms with Gasteiger partial charge >= 0.3 is 0 Å². The van der Waals surface area contributed by atoms with E-state index in [2.05, 4.69) is 34.8 Å². The van der Waals surface area contributed by atoms with Crippen molar-refractivity contribution in [3.05, 3.63) is 29.8 Å². The number of nitrogens with zero attached hydrogens (tertiary/aromatic N) is 2. The van der Waals surface area contributed by atoms with Crippen LogP contribution in [0.15, 0.2) is 29.4 Å². The molecule has 0 atom stereocenters. The van der Waals surface area contributed by atoms with Crippen molar-refractivity contribution >= 4 is 11.4 Å². The Kier molecular flexibility index (Phi) is 4.73. The third kappa shape index (κ3) is 3.23. The molecule has 0 unspecified atom stereocenters. The Morgan fingerprint density at radius 1 is 0.750 bits per heavy atom. The number of hydrogen-bond donors (Lipinski definition) is 0. The first-order valence-corrected chi connectivity index (χ1v) is 8.33. The maximum absolute atomic E-state index is 4.52. The molecule has 1 aromatic carbocycles. The molecule has 107 valence electrons. The van der Waals surface area contributed by atoms with Crippen LogP contribution in [0, 0.1) is 5.92 Å². The van der Waals surface area contributed by atoms with Gasteiger partial charge < -0.3 is 0 Å². The summed E-state index contributed by atoms with van der Waals surface area (Å²) in [5.74, 6) is 0.625. The van der Waals surface area contributed by atoms with Gasteiger partial charge in [0.1, 0.15) is 0 Å². The molecular weight excluding hydrogens is 244 g/mol. The predicted octanol–water partition coefficient (Wildman–Crippen LogP) is 5.17. The number of fused-ring (bicyclic) bond motifs is 1. The molecular formula is C18H25N2. The molecule has 1 saturated carbocycles. The van der Waals surface area contributed by atoms with Crippen LogP contribution in [0.5, 0.6) is 0 Å². The van der Waals surface area contributed by atoms with Gasteiger partial charge in [-0.1, -0.05) is 69.6 Å². The highest BCUT2D eigenvalue weighted by molar-refractivity contribution is 6.07. The molecule has 0 N–H and O–H groups in total. The normalized spacial score (nSPS) is 21.5. The van der Waals surface area contributed by atoms with E-state index < -0.39 is 0 Å². The molecule has 2 nitrogen and oxygen atoms in total.